The molecule has 9 nitrogen and oxygen atoms in total. The molecule has 1 aliphatic heterocycles. The molecule has 2 aromatic carbocycles. The maximum Gasteiger partial charge on any atom is 0.295 e. The van der Waals surface area contributed by atoms with Gasteiger partial charge in [0.2, 0.25) is 0 Å². The number of hydrogen-bond acceptors (Lipinski definition) is 8. The number of Topliss-reactive ketones (excluding diaryl/α,β-unsaturated/α-hetero) is 1. The van der Waals surface area contributed by atoms with Crippen LogP contribution in [-0.4, -0.2) is 70.4 Å². The fraction of sp³-hybridized carbons (Fsp3) is 0.333. The van der Waals surface area contributed by atoms with Crippen LogP contribution in [0.15, 0.2) is 42.0 Å². The van der Waals surface area contributed by atoms with Gasteiger partial charge in [0, 0.05) is 19.2 Å². The molecule has 2 aromatic rings. The molecule has 0 saturated carbocycles. The maximum absolute atomic E-state index is 13.2. The Morgan fingerprint density at radius 1 is 0.879 bits per heavy atom. The van der Waals surface area contributed by atoms with Crippen LogP contribution in [0.5, 0.6) is 23.0 Å². The summed E-state index contributed by atoms with van der Waals surface area (Å²) in [5.74, 6) is -0.701. The number of carbonyl (C=O) groups excluding carboxylic acids is 2. The Kier molecular flexibility index (Phi) is 7.44. The van der Waals surface area contributed by atoms with E-state index in [-0.39, 0.29) is 35.8 Å². The highest BCUT2D eigenvalue weighted by molar-refractivity contribution is 6.46. The van der Waals surface area contributed by atoms with Gasteiger partial charge in [0.05, 0.1) is 46.7 Å². The number of ketones is 1. The standard InChI is InChI=1S/C24H27NO8/c1-29-13-12-25-20(14-8-6-11-17(32-4)23(14)33-5)19(22(27)24(25)28)21(26)18-15(30-2)9-7-10-16(18)31-3/h6-11,20,26H,12-13H2,1-5H3/b21-19+. The first-order chi connectivity index (χ1) is 15.9. The fourth-order valence-corrected chi connectivity index (χ4v) is 3.97. The molecule has 1 amide bonds. The largest absolute Gasteiger partial charge is 0.506 e. The van der Waals surface area contributed by atoms with Gasteiger partial charge >= 0.3 is 0 Å². The van der Waals surface area contributed by atoms with Gasteiger partial charge in [-0.25, -0.2) is 0 Å². The van der Waals surface area contributed by atoms with Crippen LogP contribution < -0.4 is 18.9 Å². The summed E-state index contributed by atoms with van der Waals surface area (Å²) < 4.78 is 26.9. The van der Waals surface area contributed by atoms with Crippen LogP contribution in [0.1, 0.15) is 17.2 Å². The van der Waals surface area contributed by atoms with Crippen molar-refractivity contribution in [2.45, 2.75) is 6.04 Å². The molecular weight excluding hydrogens is 430 g/mol. The highest BCUT2D eigenvalue weighted by Crippen LogP contribution is 2.47. The number of carbonyl (C=O) groups is 2. The van der Waals surface area contributed by atoms with Gasteiger partial charge in [-0.1, -0.05) is 18.2 Å². The number of likely N-dealkylation sites (tertiary alicyclic amines) is 1. The third kappa shape index (κ3) is 4.19. The Balaban J connectivity index is 2.34. The van der Waals surface area contributed by atoms with E-state index in [4.69, 9.17) is 23.7 Å². The van der Waals surface area contributed by atoms with Crippen molar-refractivity contribution in [1.82, 2.24) is 4.90 Å². The molecule has 1 heterocycles. The number of nitrogens with zero attached hydrogens (tertiary/aromatic N) is 1. The van der Waals surface area contributed by atoms with Gasteiger partial charge < -0.3 is 33.7 Å². The zero-order valence-corrected chi connectivity index (χ0v) is 19.2. The van der Waals surface area contributed by atoms with Crippen molar-refractivity contribution in [3.8, 4) is 23.0 Å². The molecule has 1 fully saturated rings. The minimum Gasteiger partial charge on any atom is -0.506 e. The third-order valence-electron chi connectivity index (χ3n) is 5.47. The van der Waals surface area contributed by atoms with E-state index >= 15 is 0 Å². The number of benzene rings is 2. The van der Waals surface area contributed by atoms with Crippen LogP contribution in [0.3, 0.4) is 0 Å². The van der Waals surface area contributed by atoms with E-state index in [1.54, 1.807) is 36.4 Å². The Hall–Kier alpha value is -3.72. The lowest BCUT2D eigenvalue weighted by Crippen LogP contribution is -2.32. The summed E-state index contributed by atoms with van der Waals surface area (Å²) in [6, 6.07) is 9.11. The predicted molar refractivity (Wildman–Crippen MR) is 120 cm³/mol. The summed E-state index contributed by atoms with van der Waals surface area (Å²) >= 11 is 0. The highest BCUT2D eigenvalue weighted by Gasteiger charge is 2.47. The number of aliphatic hydroxyl groups is 1. The lowest BCUT2D eigenvalue weighted by Gasteiger charge is -2.27. The van der Waals surface area contributed by atoms with E-state index in [1.165, 1.54) is 40.4 Å². The molecule has 176 valence electrons. The zero-order valence-electron chi connectivity index (χ0n) is 19.2. The van der Waals surface area contributed by atoms with Gasteiger partial charge in [-0.05, 0) is 18.2 Å². The lowest BCUT2D eigenvalue weighted by atomic mass is 9.93. The molecule has 0 aromatic heterocycles. The quantitative estimate of drug-likeness (QED) is 0.348. The second-order valence-electron chi connectivity index (χ2n) is 7.11. The topological polar surface area (TPSA) is 104 Å². The summed E-state index contributed by atoms with van der Waals surface area (Å²) in [7, 11) is 7.32. The van der Waals surface area contributed by atoms with Gasteiger partial charge in [-0.3, -0.25) is 9.59 Å². The Bertz CT molecular complexity index is 1060. The summed E-state index contributed by atoms with van der Waals surface area (Å²) in [6.45, 7) is 0.305. The van der Waals surface area contributed by atoms with Crippen LogP contribution in [0, 0.1) is 0 Å². The molecule has 0 bridgehead atoms. The molecule has 1 saturated heterocycles. The second kappa shape index (κ2) is 10.3. The van der Waals surface area contributed by atoms with Crippen molar-refractivity contribution in [2.75, 3.05) is 48.7 Å². The number of methoxy groups -OCH3 is 5. The van der Waals surface area contributed by atoms with E-state index in [2.05, 4.69) is 0 Å². The molecule has 9 heteroatoms. The summed E-state index contributed by atoms with van der Waals surface area (Å²) in [4.78, 5) is 27.6. The monoisotopic (exact) mass is 457 g/mol. The van der Waals surface area contributed by atoms with Crippen LogP contribution >= 0.6 is 0 Å². The number of amides is 1. The van der Waals surface area contributed by atoms with E-state index in [0.717, 1.165) is 0 Å². The van der Waals surface area contributed by atoms with Gasteiger partial charge in [0.25, 0.3) is 11.7 Å². The molecule has 0 radical (unpaired) electrons. The second-order valence-corrected chi connectivity index (χ2v) is 7.11. The van der Waals surface area contributed by atoms with Crippen LogP contribution in [0.2, 0.25) is 0 Å². The smallest absolute Gasteiger partial charge is 0.295 e. The van der Waals surface area contributed by atoms with Crippen molar-refractivity contribution >= 4 is 17.4 Å². The first-order valence-corrected chi connectivity index (χ1v) is 10.1. The van der Waals surface area contributed by atoms with Crippen LogP contribution in [0.4, 0.5) is 0 Å². The molecule has 1 unspecified atom stereocenters. The van der Waals surface area contributed by atoms with E-state index in [0.29, 0.717) is 17.1 Å². The van der Waals surface area contributed by atoms with Crippen molar-refractivity contribution in [1.29, 1.82) is 0 Å². The van der Waals surface area contributed by atoms with E-state index < -0.39 is 23.5 Å². The molecule has 33 heavy (non-hydrogen) atoms. The Morgan fingerprint density at radius 3 is 2.00 bits per heavy atom. The minimum absolute atomic E-state index is 0.117. The summed E-state index contributed by atoms with van der Waals surface area (Å²) in [5.41, 5.74) is 0.520. The average Bonchev–Trinajstić information content (AvgIpc) is 3.10. The lowest BCUT2D eigenvalue weighted by molar-refractivity contribution is -0.140. The van der Waals surface area contributed by atoms with E-state index in [1.807, 2.05) is 0 Å². The Labute approximate surface area is 192 Å². The van der Waals surface area contributed by atoms with Crippen molar-refractivity contribution in [3.05, 3.63) is 53.1 Å². The maximum atomic E-state index is 13.2. The summed E-state index contributed by atoms with van der Waals surface area (Å²) in [5, 5.41) is 11.4. The zero-order chi connectivity index (χ0) is 24.1. The molecule has 3 rings (SSSR count). The molecular formula is C24H27NO8. The van der Waals surface area contributed by atoms with Gasteiger partial charge in [0.15, 0.2) is 11.5 Å². The van der Waals surface area contributed by atoms with Gasteiger partial charge in [-0.15, -0.1) is 0 Å². The van der Waals surface area contributed by atoms with Gasteiger partial charge in [0.1, 0.15) is 22.8 Å². The average molecular weight is 457 g/mol. The highest BCUT2D eigenvalue weighted by atomic mass is 16.5. The molecule has 1 atom stereocenters. The number of para-hydroxylation sites is 1. The van der Waals surface area contributed by atoms with Gasteiger partial charge in [-0.2, -0.15) is 0 Å². The van der Waals surface area contributed by atoms with E-state index in [9.17, 15) is 14.7 Å². The molecule has 1 aliphatic rings. The predicted octanol–water partition coefficient (Wildman–Crippen LogP) is 2.79. The Morgan fingerprint density at radius 2 is 1.45 bits per heavy atom. The summed E-state index contributed by atoms with van der Waals surface area (Å²) in [6.07, 6.45) is 0. The molecule has 0 spiro atoms. The normalized spacial score (nSPS) is 17.2. The number of hydrogen-bond donors (Lipinski definition) is 1. The number of rotatable bonds is 9. The number of ether oxygens (including phenoxy) is 5. The van der Waals surface area contributed by atoms with Crippen molar-refractivity contribution < 1.29 is 38.4 Å². The van der Waals surface area contributed by atoms with Crippen LogP contribution in [-0.2, 0) is 14.3 Å². The minimum atomic E-state index is -0.959. The molecule has 1 N–H and O–H groups in total. The SMILES string of the molecule is COCCN1C(=O)C(=O)/C(=C(/O)c2c(OC)cccc2OC)C1c1cccc(OC)c1OC. The van der Waals surface area contributed by atoms with Crippen molar-refractivity contribution in [2.24, 2.45) is 0 Å². The first-order valence-electron chi connectivity index (χ1n) is 10.1. The fourth-order valence-electron chi connectivity index (χ4n) is 3.97. The number of aliphatic hydroxyl groups excluding tert-OH is 1. The first kappa shape index (κ1) is 23.9. The van der Waals surface area contributed by atoms with Crippen molar-refractivity contribution in [3.63, 3.8) is 0 Å². The molecule has 0 aliphatic carbocycles. The third-order valence-corrected chi connectivity index (χ3v) is 5.47. The van der Waals surface area contributed by atoms with Crippen LogP contribution in [0.25, 0.3) is 5.76 Å².